The third kappa shape index (κ3) is 3.92. The van der Waals surface area contributed by atoms with Crippen LogP contribution in [0.25, 0.3) is 0 Å². The Morgan fingerprint density at radius 2 is 2.38 bits per heavy atom. The quantitative estimate of drug-likeness (QED) is 0.619. The Morgan fingerprint density at radius 1 is 1.54 bits per heavy atom. The number of hydrogen-bond donors (Lipinski definition) is 0. The van der Waals surface area contributed by atoms with Crippen LogP contribution in [-0.4, -0.2) is 38.3 Å². The first-order valence-electron chi connectivity index (χ1n) is 5.26. The van der Waals surface area contributed by atoms with Gasteiger partial charge in [0.25, 0.3) is 0 Å². The summed E-state index contributed by atoms with van der Waals surface area (Å²) in [5.74, 6) is 0. The zero-order chi connectivity index (χ0) is 9.52. The molecule has 76 valence electrons. The number of methoxy groups -OCH3 is 1. The lowest BCUT2D eigenvalue weighted by Gasteiger charge is -2.17. The van der Waals surface area contributed by atoms with E-state index in [2.05, 4.69) is 17.9 Å². The number of hydrogen-bond acceptors (Lipinski definition) is 2. The summed E-state index contributed by atoms with van der Waals surface area (Å²) in [4.78, 5) is 2.46. The van der Waals surface area contributed by atoms with E-state index in [0.29, 0.717) is 0 Å². The molecule has 1 heterocycles. The Bertz CT molecular complexity index is 165. The lowest BCUT2D eigenvalue weighted by molar-refractivity contribution is 0.155. The smallest absolute Gasteiger partial charge is 0.0589 e. The van der Waals surface area contributed by atoms with Crippen molar-refractivity contribution in [1.29, 1.82) is 0 Å². The van der Waals surface area contributed by atoms with Crippen LogP contribution in [0.1, 0.15) is 26.2 Å². The Hall–Kier alpha value is -0.340. The van der Waals surface area contributed by atoms with Gasteiger partial charge in [0, 0.05) is 20.2 Å². The molecule has 0 N–H and O–H groups in total. The fourth-order valence-electron chi connectivity index (χ4n) is 1.73. The molecule has 0 saturated heterocycles. The molecule has 0 spiro atoms. The number of nitrogens with zero attached hydrogens (tertiary/aromatic N) is 1. The molecule has 0 aromatic rings. The van der Waals surface area contributed by atoms with Crippen molar-refractivity contribution in [3.63, 3.8) is 0 Å². The van der Waals surface area contributed by atoms with Crippen LogP contribution in [0.5, 0.6) is 0 Å². The number of rotatable bonds is 4. The fraction of sp³-hybridized carbons (Fsp3) is 0.818. The summed E-state index contributed by atoms with van der Waals surface area (Å²) in [6.45, 7) is 6.52. The second-order valence-electron chi connectivity index (χ2n) is 3.61. The van der Waals surface area contributed by atoms with Crippen LogP contribution < -0.4 is 0 Å². The minimum atomic E-state index is 0.856. The van der Waals surface area contributed by atoms with Crippen molar-refractivity contribution in [2.45, 2.75) is 26.2 Å². The van der Waals surface area contributed by atoms with Crippen molar-refractivity contribution in [1.82, 2.24) is 4.90 Å². The third-order valence-electron chi connectivity index (χ3n) is 2.68. The highest BCUT2D eigenvalue weighted by Gasteiger charge is 2.07. The summed E-state index contributed by atoms with van der Waals surface area (Å²) in [5, 5.41) is 0. The molecule has 1 aliphatic heterocycles. The van der Waals surface area contributed by atoms with E-state index in [9.17, 15) is 0 Å². The molecule has 0 radical (unpaired) electrons. The molecule has 0 bridgehead atoms. The van der Waals surface area contributed by atoms with Gasteiger partial charge >= 0.3 is 0 Å². The van der Waals surface area contributed by atoms with Gasteiger partial charge in [-0.25, -0.2) is 0 Å². The van der Waals surface area contributed by atoms with E-state index < -0.39 is 0 Å². The van der Waals surface area contributed by atoms with E-state index in [-0.39, 0.29) is 0 Å². The van der Waals surface area contributed by atoms with Crippen molar-refractivity contribution >= 4 is 0 Å². The van der Waals surface area contributed by atoms with Crippen LogP contribution in [0.2, 0.25) is 0 Å². The Labute approximate surface area is 81.6 Å². The Balaban J connectivity index is 2.30. The van der Waals surface area contributed by atoms with Crippen LogP contribution in [0.3, 0.4) is 0 Å². The first-order chi connectivity index (χ1) is 6.36. The average Bonchev–Trinajstić information content (AvgIpc) is 2.39. The second-order valence-corrected chi connectivity index (χ2v) is 3.61. The molecule has 0 aromatic heterocycles. The first kappa shape index (κ1) is 10.7. The van der Waals surface area contributed by atoms with E-state index in [4.69, 9.17) is 4.74 Å². The van der Waals surface area contributed by atoms with Gasteiger partial charge in [-0.1, -0.05) is 18.6 Å². The van der Waals surface area contributed by atoms with E-state index in [1.165, 1.54) is 25.8 Å². The van der Waals surface area contributed by atoms with Gasteiger partial charge in [-0.3, -0.25) is 4.90 Å². The molecule has 0 unspecified atom stereocenters. The second kappa shape index (κ2) is 6.17. The molecular formula is C11H21NO. The van der Waals surface area contributed by atoms with Crippen molar-refractivity contribution in [2.75, 3.05) is 33.4 Å². The molecule has 1 rings (SSSR count). The van der Waals surface area contributed by atoms with Crippen LogP contribution in [0.4, 0.5) is 0 Å². The highest BCUT2D eigenvalue weighted by Crippen LogP contribution is 2.13. The topological polar surface area (TPSA) is 12.5 Å². The molecule has 0 aliphatic carbocycles. The summed E-state index contributed by atoms with van der Waals surface area (Å²) in [6.07, 6.45) is 6.21. The van der Waals surface area contributed by atoms with E-state index >= 15 is 0 Å². The van der Waals surface area contributed by atoms with Crippen molar-refractivity contribution in [3.8, 4) is 0 Å². The maximum Gasteiger partial charge on any atom is 0.0589 e. The standard InChI is InChI=1S/C11H21NO/c1-3-11-5-4-7-12(8-6-11)9-10-13-2/h6H,3-5,7-10H2,1-2H3. The molecule has 0 atom stereocenters. The van der Waals surface area contributed by atoms with Gasteiger partial charge in [0.2, 0.25) is 0 Å². The van der Waals surface area contributed by atoms with Crippen molar-refractivity contribution < 1.29 is 4.74 Å². The van der Waals surface area contributed by atoms with Crippen LogP contribution in [0, 0.1) is 0 Å². The van der Waals surface area contributed by atoms with Gasteiger partial charge in [-0.05, 0) is 25.8 Å². The summed E-state index contributed by atoms with van der Waals surface area (Å²) in [6, 6.07) is 0. The Morgan fingerprint density at radius 3 is 3.08 bits per heavy atom. The zero-order valence-corrected chi connectivity index (χ0v) is 8.88. The summed E-state index contributed by atoms with van der Waals surface area (Å²) in [5.41, 5.74) is 1.62. The van der Waals surface area contributed by atoms with E-state index in [1.54, 1.807) is 12.7 Å². The predicted octanol–water partition coefficient (Wildman–Crippen LogP) is 2.06. The fourth-order valence-corrected chi connectivity index (χ4v) is 1.73. The van der Waals surface area contributed by atoms with Crippen LogP contribution >= 0.6 is 0 Å². The van der Waals surface area contributed by atoms with Gasteiger partial charge < -0.3 is 4.74 Å². The van der Waals surface area contributed by atoms with Crippen molar-refractivity contribution in [2.24, 2.45) is 0 Å². The number of ether oxygens (including phenoxy) is 1. The van der Waals surface area contributed by atoms with Gasteiger partial charge in [-0.2, -0.15) is 0 Å². The molecule has 0 fully saturated rings. The minimum Gasteiger partial charge on any atom is -0.383 e. The average molecular weight is 183 g/mol. The van der Waals surface area contributed by atoms with Crippen molar-refractivity contribution in [3.05, 3.63) is 11.6 Å². The maximum absolute atomic E-state index is 5.08. The largest absolute Gasteiger partial charge is 0.383 e. The number of allylic oxidation sites excluding steroid dienone is 1. The van der Waals surface area contributed by atoms with E-state index in [1.807, 2.05) is 0 Å². The summed E-state index contributed by atoms with van der Waals surface area (Å²) < 4.78 is 5.08. The monoisotopic (exact) mass is 183 g/mol. The molecule has 1 aliphatic rings. The Kier molecular flexibility index (Phi) is 5.09. The normalized spacial score (nSPS) is 19.7. The summed E-state index contributed by atoms with van der Waals surface area (Å²) in [7, 11) is 1.77. The van der Waals surface area contributed by atoms with Crippen LogP contribution in [0.15, 0.2) is 11.6 Å². The minimum absolute atomic E-state index is 0.856. The highest BCUT2D eigenvalue weighted by atomic mass is 16.5. The molecule has 2 nitrogen and oxygen atoms in total. The lowest BCUT2D eigenvalue weighted by Crippen LogP contribution is -2.27. The zero-order valence-electron chi connectivity index (χ0n) is 8.88. The molecule has 2 heteroatoms. The molecule has 13 heavy (non-hydrogen) atoms. The van der Waals surface area contributed by atoms with Gasteiger partial charge in [-0.15, -0.1) is 0 Å². The maximum atomic E-state index is 5.08. The first-order valence-corrected chi connectivity index (χ1v) is 5.26. The molecule has 0 saturated carbocycles. The van der Waals surface area contributed by atoms with Gasteiger partial charge in [0.1, 0.15) is 0 Å². The molecule has 0 amide bonds. The van der Waals surface area contributed by atoms with Gasteiger partial charge in [0.15, 0.2) is 0 Å². The molecule has 0 aromatic carbocycles. The third-order valence-corrected chi connectivity index (χ3v) is 2.68. The van der Waals surface area contributed by atoms with E-state index in [0.717, 1.165) is 19.7 Å². The highest BCUT2D eigenvalue weighted by molar-refractivity contribution is 5.04. The SMILES string of the molecule is CCC1=CCN(CCOC)CCC1. The summed E-state index contributed by atoms with van der Waals surface area (Å²) >= 11 is 0. The lowest BCUT2D eigenvalue weighted by atomic mass is 10.1. The van der Waals surface area contributed by atoms with Gasteiger partial charge in [0.05, 0.1) is 6.61 Å². The van der Waals surface area contributed by atoms with Crippen LogP contribution in [-0.2, 0) is 4.74 Å². The molecular weight excluding hydrogens is 162 g/mol. The predicted molar refractivity (Wildman–Crippen MR) is 55.9 cm³/mol.